The van der Waals surface area contributed by atoms with Crippen molar-refractivity contribution in [1.29, 1.82) is 0 Å². The molecule has 1 aliphatic heterocycles. The van der Waals surface area contributed by atoms with Crippen molar-refractivity contribution in [2.24, 2.45) is 0 Å². The molecular weight excluding hydrogens is 388 g/mol. The van der Waals surface area contributed by atoms with Crippen LogP contribution in [0.3, 0.4) is 0 Å². The molecule has 0 spiro atoms. The number of aromatic nitrogens is 5. The summed E-state index contributed by atoms with van der Waals surface area (Å²) in [5.41, 5.74) is 2.65. The van der Waals surface area contributed by atoms with E-state index < -0.39 is 0 Å². The number of pyridine rings is 1. The molecule has 4 heterocycles. The molecular formula is C24H26N6O. The van der Waals surface area contributed by atoms with Gasteiger partial charge in [-0.25, -0.2) is 0 Å². The second kappa shape index (κ2) is 7.89. The minimum absolute atomic E-state index is 0.307. The van der Waals surface area contributed by atoms with Crippen molar-refractivity contribution in [3.63, 3.8) is 0 Å². The van der Waals surface area contributed by atoms with E-state index in [4.69, 9.17) is 9.84 Å². The van der Waals surface area contributed by atoms with E-state index in [0.717, 1.165) is 65.4 Å². The van der Waals surface area contributed by atoms with Crippen LogP contribution in [0.5, 0.6) is 5.75 Å². The second-order valence-electron chi connectivity index (χ2n) is 8.68. The van der Waals surface area contributed by atoms with Crippen molar-refractivity contribution in [3.8, 4) is 17.0 Å². The van der Waals surface area contributed by atoms with E-state index >= 15 is 0 Å². The van der Waals surface area contributed by atoms with Crippen LogP contribution < -0.4 is 4.74 Å². The molecule has 158 valence electrons. The van der Waals surface area contributed by atoms with Gasteiger partial charge in [-0.3, -0.25) is 4.98 Å². The summed E-state index contributed by atoms with van der Waals surface area (Å²) >= 11 is 0. The van der Waals surface area contributed by atoms with Gasteiger partial charge in [0.05, 0.1) is 5.69 Å². The Hall–Kier alpha value is -3.06. The quantitative estimate of drug-likeness (QED) is 0.500. The molecule has 0 bridgehead atoms. The Morgan fingerprint density at radius 2 is 1.71 bits per heavy atom. The summed E-state index contributed by atoms with van der Waals surface area (Å²) in [6.45, 7) is 2.33. The fourth-order valence-electron chi connectivity index (χ4n) is 5.15. The lowest BCUT2D eigenvalue weighted by Crippen LogP contribution is -2.43. The molecule has 2 fully saturated rings. The first kappa shape index (κ1) is 18.7. The predicted molar refractivity (Wildman–Crippen MR) is 119 cm³/mol. The van der Waals surface area contributed by atoms with Crippen LogP contribution in [0.15, 0.2) is 49.1 Å². The number of piperidine rings is 1. The number of fused-ring (bicyclic) bond motifs is 3. The fraction of sp³-hybridized carbons (Fsp3) is 0.417. The Kier molecular flexibility index (Phi) is 4.76. The van der Waals surface area contributed by atoms with E-state index in [2.05, 4.69) is 44.3 Å². The highest BCUT2D eigenvalue weighted by Crippen LogP contribution is 2.31. The Labute approximate surface area is 181 Å². The van der Waals surface area contributed by atoms with Gasteiger partial charge in [-0.2, -0.15) is 9.61 Å². The zero-order valence-electron chi connectivity index (χ0n) is 17.5. The van der Waals surface area contributed by atoms with E-state index in [0.29, 0.717) is 6.10 Å². The molecule has 7 heteroatoms. The highest BCUT2D eigenvalue weighted by Gasteiger charge is 2.27. The minimum Gasteiger partial charge on any atom is -0.490 e. The molecule has 31 heavy (non-hydrogen) atoms. The summed E-state index contributed by atoms with van der Waals surface area (Å²) in [6, 6.07) is 11.1. The first-order valence-electron chi connectivity index (χ1n) is 11.3. The van der Waals surface area contributed by atoms with Crippen LogP contribution in [0.4, 0.5) is 0 Å². The zero-order chi connectivity index (χ0) is 20.6. The van der Waals surface area contributed by atoms with Crippen molar-refractivity contribution in [2.75, 3.05) is 13.1 Å². The SMILES string of the molecule is c1cc2c(-c3ccc(OC4CCN(C5CCCC5)CC4)cc3)nn3cnnc3c2cn1. The molecule has 1 aliphatic carbocycles. The van der Waals surface area contributed by atoms with E-state index in [1.807, 2.05) is 12.3 Å². The monoisotopic (exact) mass is 414 g/mol. The van der Waals surface area contributed by atoms with Gasteiger partial charge in [-0.15, -0.1) is 10.2 Å². The Morgan fingerprint density at radius 1 is 0.903 bits per heavy atom. The molecule has 0 unspecified atom stereocenters. The molecule has 0 atom stereocenters. The Morgan fingerprint density at radius 3 is 2.52 bits per heavy atom. The van der Waals surface area contributed by atoms with E-state index in [9.17, 15) is 0 Å². The molecule has 0 N–H and O–H groups in total. The van der Waals surface area contributed by atoms with Crippen molar-refractivity contribution in [2.45, 2.75) is 50.7 Å². The molecule has 1 saturated carbocycles. The molecule has 0 amide bonds. The van der Waals surface area contributed by atoms with Gasteiger partial charge in [-0.1, -0.05) is 12.8 Å². The maximum absolute atomic E-state index is 6.32. The summed E-state index contributed by atoms with van der Waals surface area (Å²) in [6.07, 6.45) is 13.3. The second-order valence-corrected chi connectivity index (χ2v) is 8.68. The summed E-state index contributed by atoms with van der Waals surface area (Å²) in [5.74, 6) is 0.930. The fourth-order valence-corrected chi connectivity index (χ4v) is 5.15. The lowest BCUT2D eigenvalue weighted by molar-refractivity contribution is 0.0768. The summed E-state index contributed by atoms with van der Waals surface area (Å²) < 4.78 is 8.03. The average Bonchev–Trinajstić information content (AvgIpc) is 3.52. The highest BCUT2D eigenvalue weighted by atomic mass is 16.5. The number of nitrogens with zero attached hydrogens (tertiary/aromatic N) is 6. The minimum atomic E-state index is 0.307. The summed E-state index contributed by atoms with van der Waals surface area (Å²) in [7, 11) is 0. The van der Waals surface area contributed by atoms with Gasteiger partial charge in [0, 0.05) is 47.9 Å². The Bertz CT molecular complexity index is 1190. The van der Waals surface area contributed by atoms with Crippen molar-refractivity contribution >= 4 is 16.4 Å². The lowest BCUT2D eigenvalue weighted by Gasteiger charge is -2.36. The maximum Gasteiger partial charge on any atom is 0.186 e. The standard InChI is InChI=1S/C24H26N6O/c1-2-4-18(3-1)29-13-10-20(11-14-29)31-19-7-5-17(6-8-19)23-21-9-12-25-15-22(21)24-27-26-16-30(24)28-23/h5-9,12,15-16,18,20H,1-4,10-11,13-14H2. The van der Waals surface area contributed by atoms with Crippen LogP contribution in [0.25, 0.3) is 27.7 Å². The van der Waals surface area contributed by atoms with E-state index in [1.54, 1.807) is 17.0 Å². The van der Waals surface area contributed by atoms with Gasteiger partial charge in [-0.05, 0) is 56.0 Å². The lowest BCUT2D eigenvalue weighted by atomic mass is 10.0. The van der Waals surface area contributed by atoms with Gasteiger partial charge in [0.2, 0.25) is 0 Å². The Balaban J connectivity index is 1.19. The maximum atomic E-state index is 6.32. The van der Waals surface area contributed by atoms with Crippen LogP contribution in [0.1, 0.15) is 38.5 Å². The van der Waals surface area contributed by atoms with E-state index in [1.165, 1.54) is 25.7 Å². The molecule has 2 aliphatic rings. The normalized spacial score (nSPS) is 18.8. The number of hydrogen-bond acceptors (Lipinski definition) is 6. The summed E-state index contributed by atoms with van der Waals surface area (Å²) in [5, 5.41) is 14.9. The third kappa shape index (κ3) is 3.53. The van der Waals surface area contributed by atoms with Crippen molar-refractivity contribution in [1.82, 2.24) is 29.7 Å². The molecule has 1 aromatic carbocycles. The van der Waals surface area contributed by atoms with Crippen LogP contribution in [0, 0.1) is 0 Å². The number of likely N-dealkylation sites (tertiary alicyclic amines) is 1. The molecule has 6 rings (SSSR count). The average molecular weight is 415 g/mol. The molecule has 0 radical (unpaired) electrons. The first-order chi connectivity index (χ1) is 15.3. The van der Waals surface area contributed by atoms with Gasteiger partial charge in [0.15, 0.2) is 5.65 Å². The first-order valence-corrected chi connectivity index (χ1v) is 11.3. The largest absolute Gasteiger partial charge is 0.490 e. The number of hydrogen-bond donors (Lipinski definition) is 0. The summed E-state index contributed by atoms with van der Waals surface area (Å²) in [4.78, 5) is 6.94. The topological polar surface area (TPSA) is 68.4 Å². The predicted octanol–water partition coefficient (Wildman–Crippen LogP) is 4.13. The number of ether oxygens (including phenoxy) is 1. The molecule has 4 aromatic rings. The third-order valence-electron chi connectivity index (χ3n) is 6.80. The van der Waals surface area contributed by atoms with Crippen LogP contribution >= 0.6 is 0 Å². The number of rotatable bonds is 4. The zero-order valence-corrected chi connectivity index (χ0v) is 17.5. The van der Waals surface area contributed by atoms with Gasteiger partial charge < -0.3 is 9.64 Å². The van der Waals surface area contributed by atoms with Gasteiger partial charge in [0.25, 0.3) is 0 Å². The van der Waals surface area contributed by atoms with Crippen LogP contribution in [-0.4, -0.2) is 54.9 Å². The third-order valence-corrected chi connectivity index (χ3v) is 6.80. The van der Waals surface area contributed by atoms with Gasteiger partial charge in [0.1, 0.15) is 18.2 Å². The molecule has 1 saturated heterocycles. The van der Waals surface area contributed by atoms with E-state index in [-0.39, 0.29) is 0 Å². The van der Waals surface area contributed by atoms with Crippen molar-refractivity contribution < 1.29 is 4.74 Å². The van der Waals surface area contributed by atoms with Crippen LogP contribution in [0.2, 0.25) is 0 Å². The van der Waals surface area contributed by atoms with Crippen molar-refractivity contribution in [3.05, 3.63) is 49.1 Å². The van der Waals surface area contributed by atoms with Gasteiger partial charge >= 0.3 is 0 Å². The van der Waals surface area contributed by atoms with Crippen LogP contribution in [-0.2, 0) is 0 Å². The number of benzene rings is 1. The molecule has 7 nitrogen and oxygen atoms in total. The highest BCUT2D eigenvalue weighted by molar-refractivity contribution is 6.00. The smallest absolute Gasteiger partial charge is 0.186 e. The molecule has 3 aromatic heterocycles.